The molecule has 0 aliphatic rings. The third-order valence-electron chi connectivity index (χ3n) is 2.00. The van der Waals surface area contributed by atoms with Gasteiger partial charge in [0.1, 0.15) is 5.75 Å². The van der Waals surface area contributed by atoms with Crippen molar-refractivity contribution in [3.05, 3.63) is 29.3 Å². The molecule has 0 unspecified atom stereocenters. The zero-order valence-electron chi connectivity index (χ0n) is 9.59. The van der Waals surface area contributed by atoms with Crippen molar-refractivity contribution in [2.75, 3.05) is 14.2 Å². The minimum Gasteiger partial charge on any atom is -0.496 e. The van der Waals surface area contributed by atoms with Gasteiger partial charge in [0.15, 0.2) is 0 Å². The highest BCUT2D eigenvalue weighted by atomic mass is 19.4. The van der Waals surface area contributed by atoms with Gasteiger partial charge in [-0.2, -0.15) is 13.2 Å². The number of methoxy groups -OCH3 is 2. The summed E-state index contributed by atoms with van der Waals surface area (Å²) >= 11 is 0. The number of carbonyl (C=O) groups is 1. The molecule has 0 bridgehead atoms. The van der Waals surface area contributed by atoms with Crippen molar-refractivity contribution >= 4 is 5.97 Å². The van der Waals surface area contributed by atoms with Crippen molar-refractivity contribution in [3.63, 3.8) is 0 Å². The SMILES string of the molecule is COC(=O)C#Cc1ccc(OC)c(C(F)(F)F)c1. The molecule has 96 valence electrons. The Hall–Kier alpha value is -2.16. The van der Waals surface area contributed by atoms with Gasteiger partial charge >= 0.3 is 12.1 Å². The Bertz CT molecular complexity index is 510. The van der Waals surface area contributed by atoms with Crippen molar-refractivity contribution < 1.29 is 27.4 Å². The van der Waals surface area contributed by atoms with E-state index in [0.29, 0.717) is 0 Å². The summed E-state index contributed by atoms with van der Waals surface area (Å²) in [5.74, 6) is 3.20. The number of esters is 1. The van der Waals surface area contributed by atoms with Gasteiger partial charge in [-0.05, 0) is 18.2 Å². The van der Waals surface area contributed by atoms with Crippen LogP contribution in [0.4, 0.5) is 13.2 Å². The van der Waals surface area contributed by atoms with E-state index in [9.17, 15) is 18.0 Å². The number of benzene rings is 1. The van der Waals surface area contributed by atoms with Crippen LogP contribution in [-0.4, -0.2) is 20.2 Å². The Morgan fingerprint density at radius 1 is 1.28 bits per heavy atom. The van der Waals surface area contributed by atoms with Crippen molar-refractivity contribution in [3.8, 4) is 17.6 Å². The molecule has 18 heavy (non-hydrogen) atoms. The monoisotopic (exact) mass is 258 g/mol. The lowest BCUT2D eigenvalue weighted by atomic mass is 10.1. The van der Waals surface area contributed by atoms with Crippen LogP contribution in [0.2, 0.25) is 0 Å². The van der Waals surface area contributed by atoms with Crippen LogP contribution in [0.3, 0.4) is 0 Å². The predicted octanol–water partition coefficient (Wildman–Crippen LogP) is 2.24. The van der Waals surface area contributed by atoms with Crippen molar-refractivity contribution in [2.45, 2.75) is 6.18 Å². The summed E-state index contributed by atoms with van der Waals surface area (Å²) in [6.07, 6.45) is -4.55. The number of hydrogen-bond acceptors (Lipinski definition) is 3. The molecule has 0 saturated carbocycles. The highest BCUT2D eigenvalue weighted by Gasteiger charge is 2.34. The van der Waals surface area contributed by atoms with E-state index in [-0.39, 0.29) is 11.3 Å². The van der Waals surface area contributed by atoms with E-state index in [1.165, 1.54) is 6.07 Å². The molecule has 0 aromatic heterocycles. The average Bonchev–Trinajstić information content (AvgIpc) is 2.34. The van der Waals surface area contributed by atoms with E-state index in [1.54, 1.807) is 0 Å². The first-order chi connectivity index (χ1) is 8.38. The maximum atomic E-state index is 12.7. The van der Waals surface area contributed by atoms with Gasteiger partial charge in [0.05, 0.1) is 19.8 Å². The number of carbonyl (C=O) groups excluding carboxylic acids is 1. The van der Waals surface area contributed by atoms with Crippen molar-refractivity contribution in [1.29, 1.82) is 0 Å². The van der Waals surface area contributed by atoms with E-state index >= 15 is 0 Å². The Morgan fingerprint density at radius 2 is 1.94 bits per heavy atom. The van der Waals surface area contributed by atoms with E-state index in [0.717, 1.165) is 26.4 Å². The molecule has 0 amide bonds. The molecule has 0 fully saturated rings. The summed E-state index contributed by atoms with van der Waals surface area (Å²) in [5, 5.41) is 0. The van der Waals surface area contributed by atoms with Crippen LogP contribution in [0.5, 0.6) is 5.75 Å². The maximum Gasteiger partial charge on any atom is 0.420 e. The van der Waals surface area contributed by atoms with Crippen LogP contribution in [0.1, 0.15) is 11.1 Å². The van der Waals surface area contributed by atoms with Crippen molar-refractivity contribution in [1.82, 2.24) is 0 Å². The van der Waals surface area contributed by atoms with Gasteiger partial charge < -0.3 is 9.47 Å². The second-order valence-electron chi connectivity index (χ2n) is 3.15. The topological polar surface area (TPSA) is 35.5 Å². The van der Waals surface area contributed by atoms with Gasteiger partial charge in [0.25, 0.3) is 0 Å². The molecule has 0 aliphatic carbocycles. The summed E-state index contributed by atoms with van der Waals surface area (Å²) in [6.45, 7) is 0. The molecule has 6 heteroatoms. The summed E-state index contributed by atoms with van der Waals surface area (Å²) in [6, 6.07) is 3.28. The first kappa shape index (κ1) is 13.9. The minimum absolute atomic E-state index is 0.0496. The average molecular weight is 258 g/mol. The van der Waals surface area contributed by atoms with Gasteiger partial charge in [-0.1, -0.05) is 5.92 Å². The third kappa shape index (κ3) is 3.42. The van der Waals surface area contributed by atoms with Crippen LogP contribution in [-0.2, 0) is 15.7 Å². The second-order valence-corrected chi connectivity index (χ2v) is 3.15. The largest absolute Gasteiger partial charge is 0.496 e. The fourth-order valence-electron chi connectivity index (χ4n) is 1.18. The number of halogens is 3. The first-order valence-electron chi connectivity index (χ1n) is 4.73. The first-order valence-corrected chi connectivity index (χ1v) is 4.73. The number of ether oxygens (including phenoxy) is 2. The Kier molecular flexibility index (Phi) is 4.21. The molecule has 0 aliphatic heterocycles. The van der Waals surface area contributed by atoms with Crippen LogP contribution in [0.15, 0.2) is 18.2 Å². The lowest BCUT2D eigenvalue weighted by Gasteiger charge is -2.11. The maximum absolute atomic E-state index is 12.7. The van der Waals surface area contributed by atoms with E-state index in [1.807, 2.05) is 5.92 Å². The molecule has 1 aromatic rings. The molecule has 1 aromatic carbocycles. The Labute approximate surface area is 102 Å². The van der Waals surface area contributed by atoms with Crippen LogP contribution >= 0.6 is 0 Å². The smallest absolute Gasteiger partial charge is 0.420 e. The predicted molar refractivity (Wildman–Crippen MR) is 56.9 cm³/mol. The van der Waals surface area contributed by atoms with Gasteiger partial charge in [0, 0.05) is 11.5 Å². The number of hydrogen-bond donors (Lipinski definition) is 0. The van der Waals surface area contributed by atoms with Gasteiger partial charge in [-0.3, -0.25) is 0 Å². The number of rotatable bonds is 1. The molecule has 0 saturated heterocycles. The molecule has 0 spiro atoms. The summed E-state index contributed by atoms with van der Waals surface area (Å²) in [7, 11) is 2.27. The summed E-state index contributed by atoms with van der Waals surface area (Å²) < 4.78 is 46.9. The summed E-state index contributed by atoms with van der Waals surface area (Å²) in [5.41, 5.74) is -0.893. The Balaban J connectivity index is 3.18. The zero-order valence-corrected chi connectivity index (χ0v) is 9.59. The van der Waals surface area contributed by atoms with Crippen LogP contribution in [0, 0.1) is 11.8 Å². The molecule has 0 atom stereocenters. The van der Waals surface area contributed by atoms with Crippen LogP contribution < -0.4 is 4.74 Å². The standard InChI is InChI=1S/C12H9F3O3/c1-17-10-5-3-8(4-6-11(16)18-2)7-9(10)12(13,14)15/h3,5,7H,1-2H3. The molecule has 3 nitrogen and oxygen atoms in total. The second kappa shape index (κ2) is 5.45. The number of alkyl halides is 3. The van der Waals surface area contributed by atoms with E-state index in [4.69, 9.17) is 0 Å². The fraction of sp³-hybridized carbons (Fsp3) is 0.250. The molecule has 0 radical (unpaired) electrons. The fourth-order valence-corrected chi connectivity index (χ4v) is 1.18. The normalized spacial score (nSPS) is 10.3. The van der Waals surface area contributed by atoms with E-state index < -0.39 is 17.7 Å². The zero-order chi connectivity index (χ0) is 13.8. The van der Waals surface area contributed by atoms with Crippen LogP contribution in [0.25, 0.3) is 0 Å². The highest BCUT2D eigenvalue weighted by molar-refractivity contribution is 5.89. The molecule has 0 heterocycles. The summed E-state index contributed by atoms with van der Waals surface area (Å²) in [4.78, 5) is 10.7. The van der Waals surface area contributed by atoms with Crippen molar-refractivity contribution in [2.24, 2.45) is 0 Å². The van der Waals surface area contributed by atoms with E-state index in [2.05, 4.69) is 15.4 Å². The molecular formula is C12H9F3O3. The van der Waals surface area contributed by atoms with Gasteiger partial charge in [-0.25, -0.2) is 4.79 Å². The van der Waals surface area contributed by atoms with Gasteiger partial charge in [-0.15, -0.1) is 0 Å². The third-order valence-corrected chi connectivity index (χ3v) is 2.00. The quantitative estimate of drug-likeness (QED) is 0.572. The Morgan fingerprint density at radius 3 is 2.44 bits per heavy atom. The molecule has 1 rings (SSSR count). The minimum atomic E-state index is -4.55. The lowest BCUT2D eigenvalue weighted by Crippen LogP contribution is -2.07. The molecule has 0 N–H and O–H groups in total. The van der Waals surface area contributed by atoms with Gasteiger partial charge in [0.2, 0.25) is 0 Å². The molecular weight excluding hydrogens is 249 g/mol. The highest BCUT2D eigenvalue weighted by Crippen LogP contribution is 2.36. The lowest BCUT2D eigenvalue weighted by molar-refractivity contribution is -0.138.